The maximum Gasteiger partial charge on any atom is 0.0959 e. The third kappa shape index (κ3) is 2.03. The Kier molecular flexibility index (Phi) is 3.66. The van der Waals surface area contributed by atoms with Gasteiger partial charge in [0.05, 0.1) is 12.9 Å². The first kappa shape index (κ1) is 14.8. The van der Waals surface area contributed by atoms with Gasteiger partial charge >= 0.3 is 0 Å². The van der Waals surface area contributed by atoms with E-state index in [2.05, 4.69) is 19.9 Å². The van der Waals surface area contributed by atoms with E-state index in [1.165, 1.54) is 57.1 Å². The zero-order valence-corrected chi connectivity index (χ0v) is 14.7. The Morgan fingerprint density at radius 1 is 1.23 bits per heavy atom. The zero-order chi connectivity index (χ0) is 15.3. The van der Waals surface area contributed by atoms with Crippen LogP contribution in [0.5, 0.6) is 0 Å². The summed E-state index contributed by atoms with van der Waals surface area (Å²) in [5, 5.41) is 0. The van der Waals surface area contributed by atoms with Crippen molar-refractivity contribution in [1.82, 2.24) is 0 Å². The summed E-state index contributed by atoms with van der Waals surface area (Å²) in [6, 6.07) is 0. The summed E-state index contributed by atoms with van der Waals surface area (Å²) in [6.07, 6.45) is 14.8. The van der Waals surface area contributed by atoms with Crippen molar-refractivity contribution >= 4 is 0 Å². The average molecular weight is 300 g/mol. The smallest absolute Gasteiger partial charge is 0.0959 e. The molecule has 0 heterocycles. The van der Waals surface area contributed by atoms with Crippen LogP contribution in [0.2, 0.25) is 0 Å². The Labute approximate surface area is 136 Å². The third-order valence-corrected chi connectivity index (χ3v) is 8.01. The van der Waals surface area contributed by atoms with Crippen LogP contribution in [0.4, 0.5) is 0 Å². The van der Waals surface area contributed by atoms with Crippen LogP contribution in [-0.4, -0.2) is 7.11 Å². The van der Waals surface area contributed by atoms with Gasteiger partial charge in [-0.05, 0) is 80.1 Å². The van der Waals surface area contributed by atoms with Crippen molar-refractivity contribution in [2.45, 2.75) is 71.6 Å². The molecule has 0 aromatic heterocycles. The number of hydrogen-bond acceptors (Lipinski definition) is 1. The quantitative estimate of drug-likeness (QED) is 0.579. The lowest BCUT2D eigenvalue weighted by molar-refractivity contribution is 0.0131. The van der Waals surface area contributed by atoms with Gasteiger partial charge in [-0.2, -0.15) is 0 Å². The Balaban J connectivity index is 1.59. The molecular weight excluding hydrogens is 268 g/mol. The van der Waals surface area contributed by atoms with E-state index >= 15 is 0 Å². The summed E-state index contributed by atoms with van der Waals surface area (Å²) < 4.78 is 5.52. The molecule has 0 bridgehead atoms. The lowest BCUT2D eigenvalue weighted by Gasteiger charge is -2.52. The predicted molar refractivity (Wildman–Crippen MR) is 91.4 cm³/mol. The summed E-state index contributed by atoms with van der Waals surface area (Å²) in [7, 11) is 1.83. The van der Waals surface area contributed by atoms with E-state index in [1.54, 1.807) is 5.57 Å². The van der Waals surface area contributed by atoms with Gasteiger partial charge in [0.2, 0.25) is 0 Å². The lowest BCUT2D eigenvalue weighted by atomic mass is 9.53. The number of methoxy groups -OCH3 is 1. The topological polar surface area (TPSA) is 9.23 Å². The molecule has 0 aliphatic heterocycles. The molecule has 3 unspecified atom stereocenters. The second-order valence-corrected chi connectivity index (χ2v) is 8.53. The van der Waals surface area contributed by atoms with Gasteiger partial charge in [0.15, 0.2) is 0 Å². The van der Waals surface area contributed by atoms with Gasteiger partial charge in [-0.3, -0.25) is 0 Å². The average Bonchev–Trinajstić information content (AvgIpc) is 2.90. The highest BCUT2D eigenvalue weighted by Gasteiger charge is 2.54. The van der Waals surface area contributed by atoms with E-state index in [4.69, 9.17) is 4.74 Å². The van der Waals surface area contributed by atoms with E-state index in [-0.39, 0.29) is 0 Å². The van der Waals surface area contributed by atoms with Crippen molar-refractivity contribution in [2.75, 3.05) is 7.11 Å². The van der Waals surface area contributed by atoms with Gasteiger partial charge in [0.1, 0.15) is 0 Å². The second kappa shape index (κ2) is 5.42. The minimum absolute atomic E-state index is 0.663. The molecule has 4 aliphatic carbocycles. The third-order valence-electron chi connectivity index (χ3n) is 8.01. The highest BCUT2D eigenvalue weighted by atomic mass is 16.5. The van der Waals surface area contributed by atoms with E-state index in [0.717, 1.165) is 30.1 Å². The zero-order valence-electron chi connectivity index (χ0n) is 14.7. The van der Waals surface area contributed by atoms with Gasteiger partial charge in [-0.25, -0.2) is 0 Å². The molecule has 0 aromatic carbocycles. The number of ether oxygens (including phenoxy) is 1. The second-order valence-electron chi connectivity index (χ2n) is 8.53. The molecule has 0 amide bonds. The van der Waals surface area contributed by atoms with Crippen molar-refractivity contribution < 1.29 is 4.74 Å². The molecule has 5 atom stereocenters. The summed E-state index contributed by atoms with van der Waals surface area (Å²) in [5.74, 6) is 5.13. The van der Waals surface area contributed by atoms with Gasteiger partial charge in [-0.1, -0.05) is 31.4 Å². The minimum Gasteiger partial charge on any atom is -0.501 e. The number of rotatable bonds is 2. The predicted octanol–water partition coefficient (Wildman–Crippen LogP) is 5.87. The number of fused-ring (bicyclic) bond motifs is 4. The Hall–Kier alpha value is -0.720. The molecule has 2 fully saturated rings. The Morgan fingerprint density at radius 3 is 2.86 bits per heavy atom. The van der Waals surface area contributed by atoms with Crippen LogP contribution in [0, 0.1) is 29.1 Å². The van der Waals surface area contributed by atoms with Crippen LogP contribution >= 0.6 is 0 Å². The molecule has 2 saturated carbocycles. The molecule has 122 valence electrons. The molecule has 0 spiro atoms. The normalized spacial score (nSPS) is 44.0. The molecule has 4 aliphatic rings. The number of allylic oxidation sites excluding steroid dienone is 3. The SMILES string of the molecule is CC[C@H]1CCC2C3CCC4=C(CC=C(OC)C4)C3CC[C@@]21C. The fourth-order valence-corrected chi connectivity index (χ4v) is 6.83. The summed E-state index contributed by atoms with van der Waals surface area (Å²) in [6.45, 7) is 5.06. The van der Waals surface area contributed by atoms with Gasteiger partial charge in [-0.15, -0.1) is 0 Å². The molecule has 1 heteroatoms. The summed E-state index contributed by atoms with van der Waals surface area (Å²) in [4.78, 5) is 0. The van der Waals surface area contributed by atoms with Crippen LogP contribution in [0.15, 0.2) is 23.0 Å². The van der Waals surface area contributed by atoms with Crippen molar-refractivity contribution in [3.05, 3.63) is 23.0 Å². The first-order valence-corrected chi connectivity index (χ1v) is 9.61. The lowest BCUT2D eigenvalue weighted by Crippen LogP contribution is -2.43. The van der Waals surface area contributed by atoms with Crippen LogP contribution in [0.25, 0.3) is 0 Å². The fourth-order valence-electron chi connectivity index (χ4n) is 6.83. The first-order valence-electron chi connectivity index (χ1n) is 9.61. The summed E-state index contributed by atoms with van der Waals surface area (Å²) >= 11 is 0. The van der Waals surface area contributed by atoms with Crippen LogP contribution in [0.3, 0.4) is 0 Å². The molecule has 0 radical (unpaired) electrons. The van der Waals surface area contributed by atoms with E-state index in [0.29, 0.717) is 5.41 Å². The maximum absolute atomic E-state index is 5.52. The molecule has 0 saturated heterocycles. The van der Waals surface area contributed by atoms with Crippen LogP contribution in [0.1, 0.15) is 71.6 Å². The molecule has 4 rings (SSSR count). The first-order chi connectivity index (χ1) is 10.7. The van der Waals surface area contributed by atoms with Crippen molar-refractivity contribution in [2.24, 2.45) is 29.1 Å². The minimum atomic E-state index is 0.663. The molecule has 22 heavy (non-hydrogen) atoms. The van der Waals surface area contributed by atoms with E-state index < -0.39 is 0 Å². The Bertz CT molecular complexity index is 514. The Morgan fingerprint density at radius 2 is 2.09 bits per heavy atom. The summed E-state index contributed by atoms with van der Waals surface area (Å²) in [5.41, 5.74) is 4.24. The number of hydrogen-bond donors (Lipinski definition) is 0. The van der Waals surface area contributed by atoms with Crippen molar-refractivity contribution in [3.63, 3.8) is 0 Å². The van der Waals surface area contributed by atoms with E-state index in [1.807, 2.05) is 12.7 Å². The standard InChI is InChI=1S/C21H32O/c1-4-15-6-10-20-19-8-5-14-13-16(22-3)7-9-17(14)18(19)11-12-21(15,20)2/h7,15,18-20H,4-6,8-13H2,1-3H3/t15-,18?,19?,20?,21+/m0/s1. The van der Waals surface area contributed by atoms with Gasteiger partial charge in [0.25, 0.3) is 0 Å². The largest absolute Gasteiger partial charge is 0.501 e. The molecule has 0 aromatic rings. The van der Waals surface area contributed by atoms with E-state index in [9.17, 15) is 0 Å². The molecule has 1 nitrogen and oxygen atoms in total. The van der Waals surface area contributed by atoms with Crippen LogP contribution in [-0.2, 0) is 4.74 Å². The fraction of sp³-hybridized carbons (Fsp3) is 0.810. The molecule has 0 N–H and O–H groups in total. The highest BCUT2D eigenvalue weighted by molar-refractivity contribution is 5.32. The van der Waals surface area contributed by atoms with Gasteiger partial charge in [0, 0.05) is 6.42 Å². The van der Waals surface area contributed by atoms with Crippen LogP contribution < -0.4 is 0 Å². The van der Waals surface area contributed by atoms with Gasteiger partial charge < -0.3 is 4.74 Å². The maximum atomic E-state index is 5.52. The van der Waals surface area contributed by atoms with Crippen molar-refractivity contribution in [1.29, 1.82) is 0 Å². The molecular formula is C21H32O. The monoisotopic (exact) mass is 300 g/mol. The van der Waals surface area contributed by atoms with Crippen molar-refractivity contribution in [3.8, 4) is 0 Å². The highest BCUT2D eigenvalue weighted by Crippen LogP contribution is 2.63.